The number of carbonyl (C=O) groups excluding carboxylic acids is 1. The normalized spacial score (nSPS) is 14.0. The van der Waals surface area contributed by atoms with Crippen LogP contribution in [0.5, 0.6) is 0 Å². The minimum Gasteiger partial charge on any atom is -0.368 e. The summed E-state index contributed by atoms with van der Waals surface area (Å²) in [6.45, 7) is 8.86. The first-order chi connectivity index (χ1) is 17.0. The van der Waals surface area contributed by atoms with Gasteiger partial charge in [-0.05, 0) is 50.1 Å². The van der Waals surface area contributed by atoms with Gasteiger partial charge in [0.25, 0.3) is 5.56 Å². The van der Waals surface area contributed by atoms with Gasteiger partial charge in [0.15, 0.2) is 0 Å². The van der Waals surface area contributed by atoms with Crippen LogP contribution < -0.4 is 10.5 Å². The molecule has 7 nitrogen and oxygen atoms in total. The number of aryl methyl sites for hydroxylation is 3. The summed E-state index contributed by atoms with van der Waals surface area (Å²) in [5.74, 6) is -0.0420. The first-order valence-corrected chi connectivity index (χ1v) is 12.2. The van der Waals surface area contributed by atoms with Gasteiger partial charge in [-0.1, -0.05) is 42.8 Å². The van der Waals surface area contributed by atoms with Gasteiger partial charge in [0.1, 0.15) is 12.2 Å². The van der Waals surface area contributed by atoms with Gasteiger partial charge in [0, 0.05) is 43.3 Å². The van der Waals surface area contributed by atoms with Gasteiger partial charge in [0.2, 0.25) is 5.91 Å². The van der Waals surface area contributed by atoms with Crippen LogP contribution in [0, 0.1) is 13.8 Å². The number of rotatable bonds is 5. The van der Waals surface area contributed by atoms with E-state index < -0.39 is 0 Å². The fraction of sp³-hybridized carbons (Fsp3) is 0.321. The molecule has 0 radical (unpaired) electrons. The Bertz CT molecular complexity index is 1410. The van der Waals surface area contributed by atoms with E-state index in [0.29, 0.717) is 18.7 Å². The zero-order valence-electron chi connectivity index (χ0n) is 20.6. The summed E-state index contributed by atoms with van der Waals surface area (Å²) in [5.41, 5.74) is 5.53. The molecule has 0 N–H and O–H groups in total. The number of benzene rings is 2. The zero-order chi connectivity index (χ0) is 24.5. The number of aromatic nitrogens is 3. The second-order valence-electron chi connectivity index (χ2n) is 9.18. The van der Waals surface area contributed by atoms with Crippen LogP contribution >= 0.6 is 0 Å². The maximum absolute atomic E-state index is 13.4. The van der Waals surface area contributed by atoms with Crippen LogP contribution in [0.1, 0.15) is 23.7 Å². The van der Waals surface area contributed by atoms with E-state index in [0.717, 1.165) is 47.4 Å². The lowest BCUT2D eigenvalue weighted by molar-refractivity contribution is -0.132. The number of fused-ring (bicyclic) bond motifs is 1. The maximum atomic E-state index is 13.4. The topological polar surface area (TPSA) is 63.4 Å². The summed E-state index contributed by atoms with van der Waals surface area (Å²) in [6.07, 6.45) is 0.725. The lowest BCUT2D eigenvalue weighted by Crippen LogP contribution is -2.50. The Hall–Kier alpha value is -3.87. The summed E-state index contributed by atoms with van der Waals surface area (Å²) >= 11 is 0. The molecule has 1 saturated heterocycles. The Morgan fingerprint density at radius 1 is 0.914 bits per heavy atom. The van der Waals surface area contributed by atoms with Crippen molar-refractivity contribution < 1.29 is 4.79 Å². The van der Waals surface area contributed by atoms with Crippen LogP contribution in [0.2, 0.25) is 0 Å². The molecular formula is C28H31N5O2. The molecule has 5 rings (SSSR count). The van der Waals surface area contributed by atoms with Crippen LogP contribution in [-0.2, 0) is 17.8 Å². The second-order valence-corrected chi connectivity index (χ2v) is 9.18. The van der Waals surface area contributed by atoms with Crippen LogP contribution in [0.25, 0.3) is 16.7 Å². The van der Waals surface area contributed by atoms with Gasteiger partial charge in [0.05, 0.1) is 11.4 Å². The number of pyridine rings is 1. The minimum absolute atomic E-state index is 0.00165. The van der Waals surface area contributed by atoms with E-state index in [2.05, 4.69) is 17.0 Å². The first-order valence-electron chi connectivity index (χ1n) is 12.2. The van der Waals surface area contributed by atoms with Gasteiger partial charge in [-0.15, -0.1) is 0 Å². The summed E-state index contributed by atoms with van der Waals surface area (Å²) in [5, 5.41) is 5.74. The average Bonchev–Trinajstić information content (AvgIpc) is 3.23. The molecule has 1 amide bonds. The Morgan fingerprint density at radius 3 is 2.26 bits per heavy atom. The molecule has 3 heterocycles. The van der Waals surface area contributed by atoms with Gasteiger partial charge in [-0.25, -0.2) is 4.68 Å². The highest BCUT2D eigenvalue weighted by atomic mass is 16.2. The lowest BCUT2D eigenvalue weighted by Gasteiger charge is -2.36. The Balaban J connectivity index is 1.47. The molecule has 35 heavy (non-hydrogen) atoms. The largest absolute Gasteiger partial charge is 0.368 e. The van der Waals surface area contributed by atoms with Crippen molar-refractivity contribution in [2.24, 2.45) is 0 Å². The molecule has 2 aromatic heterocycles. The molecule has 4 aromatic rings. The molecule has 0 saturated carbocycles. The quantitative estimate of drug-likeness (QED) is 0.447. The molecule has 7 heteroatoms. The molecule has 1 aliphatic heterocycles. The average molecular weight is 470 g/mol. The third-order valence-electron chi connectivity index (χ3n) is 6.88. The zero-order valence-corrected chi connectivity index (χ0v) is 20.6. The van der Waals surface area contributed by atoms with E-state index in [1.807, 2.05) is 72.8 Å². The Morgan fingerprint density at radius 2 is 1.60 bits per heavy atom. The van der Waals surface area contributed by atoms with Gasteiger partial charge in [-0.2, -0.15) is 5.10 Å². The van der Waals surface area contributed by atoms with Crippen LogP contribution in [0.3, 0.4) is 0 Å². The highest BCUT2D eigenvalue weighted by Gasteiger charge is 2.24. The van der Waals surface area contributed by atoms with Crippen molar-refractivity contribution in [2.75, 3.05) is 31.1 Å². The standard InChI is InChI=1S/C28H31N5O2/c1-4-22-18-25(34)32(28-27(22)21(3)29-33(28)24-12-10-20(2)11-13-24)19-26(35)31-16-14-30(15-17-31)23-8-6-5-7-9-23/h5-13,18H,4,14-17,19H2,1-3H3. The summed E-state index contributed by atoms with van der Waals surface area (Å²) in [4.78, 5) is 30.8. The summed E-state index contributed by atoms with van der Waals surface area (Å²) < 4.78 is 3.41. The third-order valence-corrected chi connectivity index (χ3v) is 6.88. The van der Waals surface area contributed by atoms with Crippen molar-refractivity contribution in [3.63, 3.8) is 0 Å². The highest BCUT2D eigenvalue weighted by Crippen LogP contribution is 2.25. The van der Waals surface area contributed by atoms with Crippen molar-refractivity contribution in [1.29, 1.82) is 0 Å². The fourth-order valence-electron chi connectivity index (χ4n) is 4.93. The van der Waals surface area contributed by atoms with Gasteiger partial charge >= 0.3 is 0 Å². The molecule has 2 aromatic carbocycles. The van der Waals surface area contributed by atoms with E-state index in [1.165, 1.54) is 5.69 Å². The second kappa shape index (κ2) is 9.41. The van der Waals surface area contributed by atoms with Crippen LogP contribution in [-0.4, -0.2) is 51.3 Å². The van der Waals surface area contributed by atoms with E-state index in [9.17, 15) is 9.59 Å². The molecule has 180 valence electrons. The molecule has 0 spiro atoms. The lowest BCUT2D eigenvalue weighted by atomic mass is 10.1. The number of carbonyl (C=O) groups is 1. The van der Waals surface area contributed by atoms with Crippen molar-refractivity contribution in [3.05, 3.63) is 87.8 Å². The van der Waals surface area contributed by atoms with E-state index in [4.69, 9.17) is 5.10 Å². The minimum atomic E-state index is -0.168. The number of para-hydroxylation sites is 1. The highest BCUT2D eigenvalue weighted by molar-refractivity contribution is 5.86. The molecule has 1 fully saturated rings. The predicted octanol–water partition coefficient (Wildman–Crippen LogP) is 3.72. The molecule has 0 bridgehead atoms. The SMILES string of the molecule is CCc1cc(=O)n(CC(=O)N2CCN(c3ccccc3)CC2)c2c1c(C)nn2-c1ccc(C)cc1. The number of hydrogen-bond donors (Lipinski definition) is 0. The molecule has 0 unspecified atom stereocenters. The fourth-order valence-corrected chi connectivity index (χ4v) is 4.93. The number of piperazine rings is 1. The van der Waals surface area contributed by atoms with Crippen molar-refractivity contribution in [3.8, 4) is 5.69 Å². The van der Waals surface area contributed by atoms with Crippen molar-refractivity contribution >= 4 is 22.6 Å². The predicted molar refractivity (Wildman–Crippen MR) is 139 cm³/mol. The Labute approximate surface area is 205 Å². The molecular weight excluding hydrogens is 438 g/mol. The summed E-state index contributed by atoms with van der Waals surface area (Å²) in [7, 11) is 0. The van der Waals surface area contributed by atoms with Crippen LogP contribution in [0.15, 0.2) is 65.5 Å². The summed E-state index contributed by atoms with van der Waals surface area (Å²) in [6, 6.07) is 20.0. The number of amides is 1. The van der Waals surface area contributed by atoms with Crippen LogP contribution in [0.4, 0.5) is 5.69 Å². The van der Waals surface area contributed by atoms with E-state index in [1.54, 1.807) is 10.6 Å². The number of hydrogen-bond acceptors (Lipinski definition) is 4. The van der Waals surface area contributed by atoms with E-state index >= 15 is 0 Å². The van der Waals surface area contributed by atoms with Crippen molar-refractivity contribution in [2.45, 2.75) is 33.7 Å². The van der Waals surface area contributed by atoms with Gasteiger partial charge in [-0.3, -0.25) is 14.2 Å². The molecule has 1 aliphatic rings. The third kappa shape index (κ3) is 4.34. The monoisotopic (exact) mass is 469 g/mol. The number of anilines is 1. The van der Waals surface area contributed by atoms with Gasteiger partial charge < -0.3 is 9.80 Å². The number of nitrogens with zero attached hydrogens (tertiary/aromatic N) is 5. The smallest absolute Gasteiger partial charge is 0.252 e. The first kappa shape index (κ1) is 22.9. The van der Waals surface area contributed by atoms with Crippen molar-refractivity contribution in [1.82, 2.24) is 19.2 Å². The Kier molecular flexibility index (Phi) is 6.16. The molecule has 0 aliphatic carbocycles. The maximum Gasteiger partial charge on any atom is 0.252 e. The molecule has 0 atom stereocenters. The van der Waals surface area contributed by atoms with E-state index in [-0.39, 0.29) is 18.0 Å².